The molecule has 4 rings (SSSR count). The predicted molar refractivity (Wildman–Crippen MR) is 126 cm³/mol. The number of nitrogens with two attached hydrogens (primary N) is 1. The van der Waals surface area contributed by atoms with Crippen molar-refractivity contribution in [2.45, 2.75) is 12.5 Å². The Kier molecular flexibility index (Phi) is 6.28. The molecule has 0 saturated heterocycles. The van der Waals surface area contributed by atoms with Crippen LogP contribution in [0, 0.1) is 45.3 Å². The van der Waals surface area contributed by atoms with Gasteiger partial charge in [0, 0.05) is 37.0 Å². The van der Waals surface area contributed by atoms with Gasteiger partial charge in [-0.05, 0) is 29.3 Å². The van der Waals surface area contributed by atoms with Crippen molar-refractivity contribution in [3.8, 4) is 29.7 Å². The fourth-order valence-electron chi connectivity index (χ4n) is 5.14. The molecule has 2 aliphatic rings. The highest BCUT2D eigenvalue weighted by Gasteiger charge is 2.55. The molecule has 7 nitrogen and oxygen atoms in total. The molecule has 0 unspecified atom stereocenters. The molecule has 7 heteroatoms. The van der Waals surface area contributed by atoms with Crippen molar-refractivity contribution < 1.29 is 9.47 Å². The summed E-state index contributed by atoms with van der Waals surface area (Å²) in [6.45, 7) is 1.89. The lowest BCUT2D eigenvalue weighted by Crippen LogP contribution is -2.48. The van der Waals surface area contributed by atoms with Gasteiger partial charge in [-0.25, -0.2) is 0 Å². The minimum atomic E-state index is -1.73. The molecular formula is C27H25N5O2. The number of rotatable bonds is 5. The summed E-state index contributed by atoms with van der Waals surface area (Å²) in [5.41, 5.74) is 7.51. The van der Waals surface area contributed by atoms with Gasteiger partial charge < -0.3 is 15.2 Å². The minimum Gasteiger partial charge on any atom is -0.497 e. The summed E-state index contributed by atoms with van der Waals surface area (Å²) >= 11 is 0. The van der Waals surface area contributed by atoms with Gasteiger partial charge in [-0.2, -0.15) is 15.8 Å². The average molecular weight is 452 g/mol. The van der Waals surface area contributed by atoms with E-state index in [0.29, 0.717) is 36.7 Å². The molecule has 1 aliphatic heterocycles. The lowest BCUT2D eigenvalue weighted by Gasteiger charge is -2.45. The number of fused-ring (bicyclic) bond motifs is 1. The first-order valence-corrected chi connectivity index (χ1v) is 10.9. The van der Waals surface area contributed by atoms with Crippen molar-refractivity contribution in [1.29, 1.82) is 15.8 Å². The maximum absolute atomic E-state index is 10.3. The van der Waals surface area contributed by atoms with E-state index in [9.17, 15) is 15.8 Å². The maximum atomic E-state index is 10.3. The van der Waals surface area contributed by atoms with Gasteiger partial charge in [0.15, 0.2) is 5.41 Å². The van der Waals surface area contributed by atoms with Crippen LogP contribution in [0.4, 0.5) is 0 Å². The van der Waals surface area contributed by atoms with Crippen molar-refractivity contribution in [3.05, 3.63) is 82.6 Å². The van der Waals surface area contributed by atoms with Crippen LogP contribution in [0.1, 0.15) is 17.0 Å². The predicted octanol–water partition coefficient (Wildman–Crippen LogP) is 3.63. The number of ether oxygens (including phenoxy) is 2. The Bertz CT molecular complexity index is 1260. The van der Waals surface area contributed by atoms with E-state index in [1.165, 1.54) is 0 Å². The fourth-order valence-corrected chi connectivity index (χ4v) is 5.14. The highest BCUT2D eigenvalue weighted by atomic mass is 16.5. The molecular weight excluding hydrogens is 426 g/mol. The largest absolute Gasteiger partial charge is 0.497 e. The van der Waals surface area contributed by atoms with Gasteiger partial charge in [0.25, 0.3) is 0 Å². The van der Waals surface area contributed by atoms with Crippen LogP contribution in [0.25, 0.3) is 0 Å². The first-order chi connectivity index (χ1) is 16.5. The summed E-state index contributed by atoms with van der Waals surface area (Å²) in [6.07, 6.45) is 2.00. The fraction of sp³-hybridized carbons (Fsp3) is 0.296. The van der Waals surface area contributed by atoms with Crippen LogP contribution in [0.15, 0.2) is 71.5 Å². The minimum absolute atomic E-state index is 0.00566. The first-order valence-electron chi connectivity index (χ1n) is 10.9. The Morgan fingerprint density at radius 3 is 2.41 bits per heavy atom. The van der Waals surface area contributed by atoms with E-state index < -0.39 is 11.3 Å². The topological polar surface area (TPSA) is 119 Å². The van der Waals surface area contributed by atoms with Crippen LogP contribution in [-0.4, -0.2) is 32.2 Å². The van der Waals surface area contributed by atoms with E-state index in [1.807, 2.05) is 24.3 Å². The third kappa shape index (κ3) is 3.65. The molecule has 34 heavy (non-hydrogen) atoms. The van der Waals surface area contributed by atoms with Crippen LogP contribution in [0.3, 0.4) is 0 Å². The Morgan fingerprint density at radius 1 is 1.06 bits per heavy atom. The average Bonchev–Trinajstić information content (AvgIpc) is 2.88. The van der Waals surface area contributed by atoms with Gasteiger partial charge in [0.05, 0.1) is 37.6 Å². The van der Waals surface area contributed by atoms with Crippen molar-refractivity contribution in [2.24, 2.45) is 17.1 Å². The van der Waals surface area contributed by atoms with E-state index in [2.05, 4.69) is 35.2 Å². The third-order valence-electron chi connectivity index (χ3n) is 6.76. The Labute approximate surface area is 199 Å². The molecule has 0 aromatic heterocycles. The molecule has 0 saturated carbocycles. The zero-order chi connectivity index (χ0) is 24.3. The van der Waals surface area contributed by atoms with Crippen molar-refractivity contribution in [1.82, 2.24) is 4.90 Å². The molecule has 0 bridgehead atoms. The number of benzene rings is 2. The number of hydrogen-bond acceptors (Lipinski definition) is 7. The number of allylic oxidation sites excluding steroid dienone is 2. The number of hydrogen-bond donors (Lipinski definition) is 1. The van der Waals surface area contributed by atoms with E-state index in [0.717, 1.165) is 11.1 Å². The second-order valence-electron chi connectivity index (χ2n) is 8.46. The molecule has 0 radical (unpaired) electrons. The third-order valence-corrected chi connectivity index (χ3v) is 6.76. The van der Waals surface area contributed by atoms with Gasteiger partial charge in [0.2, 0.25) is 0 Å². The molecule has 0 amide bonds. The Balaban J connectivity index is 1.91. The summed E-state index contributed by atoms with van der Waals surface area (Å²) < 4.78 is 11.1. The van der Waals surface area contributed by atoms with Crippen molar-refractivity contribution in [3.63, 3.8) is 0 Å². The molecule has 0 spiro atoms. The summed E-state index contributed by atoms with van der Waals surface area (Å²) in [7, 11) is 3.11. The zero-order valence-corrected chi connectivity index (χ0v) is 19.2. The van der Waals surface area contributed by atoms with Crippen LogP contribution in [0.2, 0.25) is 0 Å². The van der Waals surface area contributed by atoms with Gasteiger partial charge in [-0.15, -0.1) is 0 Å². The smallest absolute Gasteiger partial charge is 0.191 e. The van der Waals surface area contributed by atoms with Crippen molar-refractivity contribution >= 4 is 0 Å². The van der Waals surface area contributed by atoms with Gasteiger partial charge in [-0.3, -0.25) is 4.90 Å². The first kappa shape index (κ1) is 22.9. The Morgan fingerprint density at radius 2 is 1.79 bits per heavy atom. The summed E-state index contributed by atoms with van der Waals surface area (Å²) in [5.74, 6) is 0.138. The van der Waals surface area contributed by atoms with E-state index in [1.54, 1.807) is 32.4 Å². The molecule has 2 aromatic rings. The molecule has 1 aliphatic carbocycles. The van der Waals surface area contributed by atoms with Gasteiger partial charge >= 0.3 is 0 Å². The number of methoxy groups -OCH3 is 2. The second kappa shape index (κ2) is 9.32. The van der Waals surface area contributed by atoms with E-state index in [-0.39, 0.29) is 17.2 Å². The number of nitriles is 3. The number of nitrogens with zero attached hydrogens (tertiary/aromatic N) is 4. The summed E-state index contributed by atoms with van der Waals surface area (Å²) in [4.78, 5) is 2.25. The SMILES string of the molecule is COc1ccc(OC)c([C@H]2[C@@H]3CN(Cc4ccccc4)CC=C3C(C#N)=C(N)C2(C#N)C#N)c1. The van der Waals surface area contributed by atoms with Crippen LogP contribution < -0.4 is 15.2 Å². The monoisotopic (exact) mass is 451 g/mol. The molecule has 1 heterocycles. The van der Waals surface area contributed by atoms with Gasteiger partial charge in [0.1, 0.15) is 17.6 Å². The van der Waals surface area contributed by atoms with Crippen LogP contribution in [0.5, 0.6) is 11.5 Å². The van der Waals surface area contributed by atoms with Crippen LogP contribution >= 0.6 is 0 Å². The zero-order valence-electron chi connectivity index (χ0n) is 19.2. The molecule has 2 N–H and O–H groups in total. The van der Waals surface area contributed by atoms with Crippen LogP contribution in [-0.2, 0) is 6.54 Å². The molecule has 170 valence electrons. The lowest BCUT2D eigenvalue weighted by atomic mass is 9.58. The Hall–Kier alpha value is -4.25. The highest BCUT2D eigenvalue weighted by Crippen LogP contribution is 2.56. The molecule has 0 fully saturated rings. The molecule has 2 aromatic carbocycles. The molecule has 2 atom stereocenters. The standard InChI is InChI=1S/C27H25N5O2/c1-33-19-8-9-24(34-2)21(12-19)25-23-15-32(14-18-6-4-3-5-7-18)11-10-20(23)22(13-28)26(31)27(25,16-29)17-30/h3-10,12,23,25H,11,14-15,31H2,1-2H3/t23-,25+/m1/s1. The van der Waals surface area contributed by atoms with E-state index >= 15 is 0 Å². The summed E-state index contributed by atoms with van der Waals surface area (Å²) in [6, 6.07) is 22.0. The lowest BCUT2D eigenvalue weighted by molar-refractivity contribution is 0.199. The summed E-state index contributed by atoms with van der Waals surface area (Å²) in [5, 5.41) is 30.6. The van der Waals surface area contributed by atoms with E-state index in [4.69, 9.17) is 15.2 Å². The van der Waals surface area contributed by atoms with Gasteiger partial charge in [-0.1, -0.05) is 36.4 Å². The second-order valence-corrected chi connectivity index (χ2v) is 8.46. The van der Waals surface area contributed by atoms with Crippen molar-refractivity contribution in [2.75, 3.05) is 27.3 Å². The normalized spacial score (nSPS) is 21.3. The quantitative estimate of drug-likeness (QED) is 0.737. The maximum Gasteiger partial charge on any atom is 0.191 e. The highest BCUT2D eigenvalue weighted by molar-refractivity contribution is 5.61.